The predicted molar refractivity (Wildman–Crippen MR) is 199 cm³/mol. The fourth-order valence-electron chi connectivity index (χ4n) is 8.77. The van der Waals surface area contributed by atoms with Crippen molar-refractivity contribution >= 4 is 50.7 Å². The fraction of sp³-hybridized carbons (Fsp3) is 0.256. The van der Waals surface area contributed by atoms with E-state index < -0.39 is 46.5 Å². The van der Waals surface area contributed by atoms with Gasteiger partial charge < -0.3 is 5.11 Å². The number of halogens is 1. The molecule has 11 nitrogen and oxygen atoms in total. The molecule has 3 aliphatic rings. The van der Waals surface area contributed by atoms with Crippen LogP contribution in [0.3, 0.4) is 0 Å². The summed E-state index contributed by atoms with van der Waals surface area (Å²) in [4.78, 5) is 59.9. The van der Waals surface area contributed by atoms with Crippen LogP contribution in [0.4, 0.5) is 5.82 Å². The highest BCUT2D eigenvalue weighted by molar-refractivity contribution is 7.22. The maximum atomic E-state index is 15.0. The van der Waals surface area contributed by atoms with E-state index in [1.165, 1.54) is 14.3 Å². The molecule has 1 N–H and O–H groups in total. The Morgan fingerprint density at radius 3 is 2.50 bits per heavy atom. The second-order valence-corrected chi connectivity index (χ2v) is 15.6. The highest BCUT2D eigenvalue weighted by atomic mass is 35.5. The number of nitrogens with zero attached hydrogens (tertiary/aromatic N) is 6. The summed E-state index contributed by atoms with van der Waals surface area (Å²) in [5, 5.41) is 18.0. The number of para-hydroxylation sites is 2. The SMILES string of the molecule is Cc1cccc([C@H]2C3=CCn4c(=O)n(-c5ccccc5)c(=O)n4[C@@H]3C[C@H]3C(=O)N(c4cc(-c5sc6ccc(Cl)cc6c5C)nn4C)C(=O)[C@@]23C)c1O. The van der Waals surface area contributed by atoms with Crippen molar-refractivity contribution in [2.45, 2.75) is 45.7 Å². The number of benzene rings is 3. The second kappa shape index (κ2) is 11.3. The Labute approximate surface area is 306 Å². The molecule has 6 aromatic rings. The van der Waals surface area contributed by atoms with Gasteiger partial charge in [-0.05, 0) is 79.6 Å². The number of imide groups is 1. The highest BCUT2D eigenvalue weighted by Crippen LogP contribution is 2.62. The Hall–Kier alpha value is -5.46. The van der Waals surface area contributed by atoms with Crippen LogP contribution in [-0.2, 0) is 23.2 Å². The van der Waals surface area contributed by atoms with E-state index >= 15 is 4.79 Å². The standard InChI is InChI=1S/C39H33ClN6O5S/c1-20-9-8-12-25(33(20)47)32-24-15-16-43-37(50)44(23-10-6-5-7-11-23)38(51)46(43)29(24)18-27-35(48)45(36(49)39(27,32)3)31-19-28(41-42(31)4)34-21(2)26-17-22(40)13-14-30(26)52-34/h5-15,17,19,27,29,32,47H,16,18H2,1-4H3/t27-,29+,32+,39+/m0/s1. The highest BCUT2D eigenvalue weighted by Gasteiger charge is 2.66. The maximum Gasteiger partial charge on any atom is 0.352 e. The lowest BCUT2D eigenvalue weighted by Crippen LogP contribution is -2.49. The molecule has 2 aliphatic heterocycles. The quantitative estimate of drug-likeness (QED) is 0.169. The molecule has 2 amide bonds. The first kappa shape index (κ1) is 32.4. The molecule has 0 unspecified atom stereocenters. The van der Waals surface area contributed by atoms with Gasteiger partial charge in [-0.2, -0.15) is 5.10 Å². The number of hydrogen-bond donors (Lipinski definition) is 1. The summed E-state index contributed by atoms with van der Waals surface area (Å²) in [6, 6.07) is 20.9. The number of thiophene rings is 1. The van der Waals surface area contributed by atoms with Crippen molar-refractivity contribution in [2.75, 3.05) is 4.90 Å². The van der Waals surface area contributed by atoms with Crippen molar-refractivity contribution in [3.05, 3.63) is 127 Å². The molecule has 2 fully saturated rings. The zero-order valence-electron chi connectivity index (χ0n) is 28.7. The summed E-state index contributed by atoms with van der Waals surface area (Å²) in [6.45, 7) is 5.66. The van der Waals surface area contributed by atoms with Crippen LogP contribution in [0, 0.1) is 25.2 Å². The normalized spacial score (nSPS) is 22.4. The molecule has 0 spiro atoms. The van der Waals surface area contributed by atoms with Crippen LogP contribution in [0.2, 0.25) is 5.02 Å². The Kier molecular flexibility index (Phi) is 7.03. The molecule has 3 aromatic carbocycles. The van der Waals surface area contributed by atoms with Crippen molar-refractivity contribution in [2.24, 2.45) is 18.4 Å². The molecular formula is C39H33ClN6O5S. The zero-order valence-corrected chi connectivity index (χ0v) is 30.3. The first-order valence-electron chi connectivity index (χ1n) is 17.0. The van der Waals surface area contributed by atoms with Gasteiger partial charge in [-0.25, -0.2) is 28.4 Å². The maximum absolute atomic E-state index is 15.0. The largest absolute Gasteiger partial charge is 0.507 e. The third kappa shape index (κ3) is 4.27. The minimum atomic E-state index is -1.34. The number of amides is 2. The van der Waals surface area contributed by atoms with Gasteiger partial charge in [0.1, 0.15) is 17.3 Å². The van der Waals surface area contributed by atoms with Gasteiger partial charge in [0.15, 0.2) is 0 Å². The lowest BCUT2D eigenvalue weighted by Gasteiger charge is -2.47. The molecule has 1 saturated carbocycles. The monoisotopic (exact) mass is 732 g/mol. The Morgan fingerprint density at radius 2 is 1.73 bits per heavy atom. The third-order valence-corrected chi connectivity index (χ3v) is 12.9. The van der Waals surface area contributed by atoms with Gasteiger partial charge in [-0.15, -0.1) is 11.3 Å². The number of allylic oxidation sites excluding steroid dienone is 2. The van der Waals surface area contributed by atoms with Crippen LogP contribution in [-0.4, -0.2) is 40.6 Å². The van der Waals surface area contributed by atoms with E-state index in [1.54, 1.807) is 79.4 Å². The Bertz CT molecular complexity index is 2680. The number of aryl methyl sites for hydroxylation is 3. The summed E-state index contributed by atoms with van der Waals surface area (Å²) in [6.07, 6.45) is 1.99. The first-order chi connectivity index (χ1) is 24.9. The van der Waals surface area contributed by atoms with Crippen LogP contribution < -0.4 is 16.3 Å². The number of hydrogen-bond acceptors (Lipinski definition) is 7. The molecule has 5 heterocycles. The molecule has 4 atom stereocenters. The molecule has 0 radical (unpaired) electrons. The molecule has 9 rings (SSSR count). The minimum absolute atomic E-state index is 0.0213. The van der Waals surface area contributed by atoms with E-state index in [4.69, 9.17) is 16.7 Å². The van der Waals surface area contributed by atoms with E-state index in [9.17, 15) is 19.5 Å². The summed E-state index contributed by atoms with van der Waals surface area (Å²) < 4.78 is 6.56. The van der Waals surface area contributed by atoms with Crippen molar-refractivity contribution < 1.29 is 14.7 Å². The molecule has 13 heteroatoms. The summed E-state index contributed by atoms with van der Waals surface area (Å²) in [7, 11) is 1.71. The van der Waals surface area contributed by atoms with Crippen molar-refractivity contribution in [3.8, 4) is 22.0 Å². The molecule has 52 heavy (non-hydrogen) atoms. The number of phenolic OH excluding ortho intramolecular Hbond substituents is 1. The summed E-state index contributed by atoms with van der Waals surface area (Å²) >= 11 is 7.87. The number of aromatic nitrogens is 5. The van der Waals surface area contributed by atoms with Crippen molar-refractivity contribution in [1.29, 1.82) is 0 Å². The topological polar surface area (TPSA) is 124 Å². The zero-order chi connectivity index (χ0) is 36.4. The molecular weight excluding hydrogens is 700 g/mol. The molecule has 262 valence electrons. The van der Waals surface area contributed by atoms with Gasteiger partial charge in [0.05, 0.1) is 34.5 Å². The third-order valence-electron chi connectivity index (χ3n) is 11.3. The Balaban J connectivity index is 1.20. The number of fused-ring (bicyclic) bond motifs is 5. The molecule has 0 bridgehead atoms. The van der Waals surface area contributed by atoms with Crippen LogP contribution in [0.5, 0.6) is 5.75 Å². The van der Waals surface area contributed by atoms with E-state index in [0.717, 1.165) is 25.1 Å². The smallest absolute Gasteiger partial charge is 0.352 e. The number of anilines is 1. The van der Waals surface area contributed by atoms with Gasteiger partial charge in [0.25, 0.3) is 0 Å². The van der Waals surface area contributed by atoms with Gasteiger partial charge in [-0.1, -0.05) is 54.1 Å². The van der Waals surface area contributed by atoms with Crippen molar-refractivity contribution in [1.82, 2.24) is 23.7 Å². The summed E-state index contributed by atoms with van der Waals surface area (Å²) in [5.41, 5.74) is 1.50. The lowest BCUT2D eigenvalue weighted by molar-refractivity contribution is -0.129. The van der Waals surface area contributed by atoms with Gasteiger partial charge in [0.2, 0.25) is 11.8 Å². The van der Waals surface area contributed by atoms with E-state index in [-0.39, 0.29) is 18.7 Å². The number of rotatable bonds is 4. The summed E-state index contributed by atoms with van der Waals surface area (Å²) in [5.74, 6) is -2.17. The van der Waals surface area contributed by atoms with Crippen LogP contribution in [0.25, 0.3) is 26.3 Å². The lowest BCUT2D eigenvalue weighted by atomic mass is 9.56. The van der Waals surface area contributed by atoms with Crippen LogP contribution in [0.15, 0.2) is 94.0 Å². The first-order valence-corrected chi connectivity index (χ1v) is 18.2. The predicted octanol–water partition coefficient (Wildman–Crippen LogP) is 6.26. The molecule has 1 aliphatic carbocycles. The number of aromatic hydroxyl groups is 1. The van der Waals surface area contributed by atoms with Gasteiger partial charge in [0, 0.05) is 34.3 Å². The average Bonchev–Trinajstić information content (AvgIpc) is 3.80. The van der Waals surface area contributed by atoms with Crippen LogP contribution >= 0.6 is 22.9 Å². The molecule has 1 saturated heterocycles. The van der Waals surface area contributed by atoms with E-state index in [1.807, 2.05) is 43.3 Å². The average molecular weight is 733 g/mol. The second-order valence-electron chi connectivity index (χ2n) is 14.1. The number of carbonyl (C=O) groups is 2. The number of carbonyl (C=O) groups excluding carboxylic acids is 2. The minimum Gasteiger partial charge on any atom is -0.507 e. The van der Waals surface area contributed by atoms with E-state index in [0.29, 0.717) is 38.9 Å². The van der Waals surface area contributed by atoms with E-state index in [2.05, 4.69) is 0 Å². The Morgan fingerprint density at radius 1 is 0.962 bits per heavy atom. The number of phenols is 1. The van der Waals surface area contributed by atoms with Crippen molar-refractivity contribution in [3.63, 3.8) is 0 Å². The molecule has 3 aromatic heterocycles. The van der Waals surface area contributed by atoms with Gasteiger partial charge >= 0.3 is 11.4 Å². The fourth-order valence-corrected chi connectivity index (χ4v) is 10.1. The van der Waals surface area contributed by atoms with Gasteiger partial charge in [-0.3, -0.25) is 14.3 Å². The van der Waals surface area contributed by atoms with Crippen LogP contribution in [0.1, 0.15) is 42.0 Å².